The summed E-state index contributed by atoms with van der Waals surface area (Å²) in [5.41, 5.74) is 0. The van der Waals surface area contributed by atoms with Crippen molar-refractivity contribution in [1.82, 2.24) is 0 Å². The Hall–Kier alpha value is -1.99. The molecule has 1 heterocycles. The maximum absolute atomic E-state index is 11.4. The Kier molecular flexibility index (Phi) is 6.58. The van der Waals surface area contributed by atoms with Gasteiger partial charge in [-0.05, 0) is 15.4 Å². The lowest BCUT2D eigenvalue weighted by molar-refractivity contribution is -0.143. The third-order valence-electron chi connectivity index (χ3n) is 5.49. The summed E-state index contributed by atoms with van der Waals surface area (Å²) in [6.45, 7) is 7.03. The van der Waals surface area contributed by atoms with E-state index in [4.69, 9.17) is 9.16 Å². The van der Waals surface area contributed by atoms with Gasteiger partial charge in [0.2, 0.25) is 0 Å². The zero-order valence-corrected chi connectivity index (χ0v) is 18.5. The maximum Gasteiger partial charge on any atom is 0.308 e. The van der Waals surface area contributed by atoms with E-state index < -0.39 is 26.5 Å². The van der Waals surface area contributed by atoms with Gasteiger partial charge < -0.3 is 19.0 Å². The lowest BCUT2D eigenvalue weighted by Crippen LogP contribution is -2.66. The van der Waals surface area contributed by atoms with E-state index in [-0.39, 0.29) is 17.6 Å². The molecule has 1 aliphatic heterocycles. The minimum Gasteiger partial charge on any atom is -0.469 e. The number of carbonyl (C=O) groups excluding carboxylic acids is 1. The molecular formula is C23H30O5Si. The van der Waals surface area contributed by atoms with Gasteiger partial charge in [-0.3, -0.25) is 4.79 Å². The molecule has 0 spiro atoms. The van der Waals surface area contributed by atoms with Crippen LogP contribution in [0, 0.1) is 0 Å². The van der Waals surface area contributed by atoms with E-state index in [0.29, 0.717) is 6.61 Å². The van der Waals surface area contributed by atoms with Crippen LogP contribution in [0.15, 0.2) is 60.7 Å². The van der Waals surface area contributed by atoms with Crippen LogP contribution in [0.25, 0.3) is 0 Å². The summed E-state index contributed by atoms with van der Waals surface area (Å²) in [6, 6.07) is 20.8. The van der Waals surface area contributed by atoms with Crippen molar-refractivity contribution < 1.29 is 23.8 Å². The average Bonchev–Trinajstić information content (AvgIpc) is 3.49. The largest absolute Gasteiger partial charge is 0.469 e. The Morgan fingerprint density at radius 2 is 1.59 bits per heavy atom. The molecule has 156 valence electrons. The molecule has 1 saturated heterocycles. The summed E-state index contributed by atoms with van der Waals surface area (Å²) in [5, 5.41) is 12.5. The summed E-state index contributed by atoms with van der Waals surface area (Å²) in [4.78, 5) is 11.4. The fourth-order valence-corrected chi connectivity index (χ4v) is 8.54. The summed E-state index contributed by atoms with van der Waals surface area (Å²) < 4.78 is 17.1. The summed E-state index contributed by atoms with van der Waals surface area (Å²) >= 11 is 0. The molecule has 29 heavy (non-hydrogen) atoms. The van der Waals surface area contributed by atoms with Crippen molar-refractivity contribution in [3.63, 3.8) is 0 Å². The second kappa shape index (κ2) is 8.79. The van der Waals surface area contributed by atoms with Gasteiger partial charge in [0, 0.05) is 0 Å². The first-order chi connectivity index (χ1) is 13.8. The fraction of sp³-hybridized carbons (Fsp3) is 0.435. The molecule has 0 aliphatic carbocycles. The first-order valence-electron chi connectivity index (χ1n) is 9.95. The van der Waals surface area contributed by atoms with Crippen molar-refractivity contribution >= 4 is 24.7 Å². The van der Waals surface area contributed by atoms with E-state index in [2.05, 4.69) is 49.8 Å². The van der Waals surface area contributed by atoms with Crippen LogP contribution < -0.4 is 10.4 Å². The molecule has 0 radical (unpaired) electrons. The van der Waals surface area contributed by atoms with Crippen LogP contribution in [0.5, 0.6) is 0 Å². The number of hydrogen-bond donors (Lipinski definition) is 1. The quantitative estimate of drug-likeness (QED) is 0.408. The molecule has 0 bridgehead atoms. The van der Waals surface area contributed by atoms with Gasteiger partial charge in [-0.25, -0.2) is 0 Å². The van der Waals surface area contributed by atoms with Gasteiger partial charge in [0.1, 0.15) is 12.2 Å². The van der Waals surface area contributed by atoms with Crippen molar-refractivity contribution in [3.8, 4) is 0 Å². The number of rotatable bonds is 8. The molecule has 0 unspecified atom stereocenters. The number of esters is 1. The Labute approximate surface area is 173 Å². The smallest absolute Gasteiger partial charge is 0.308 e. The number of epoxide rings is 1. The highest BCUT2D eigenvalue weighted by Crippen LogP contribution is 2.38. The Balaban J connectivity index is 1.85. The molecule has 2 aromatic carbocycles. The highest BCUT2D eigenvalue weighted by Gasteiger charge is 2.53. The number of ether oxygens (including phenoxy) is 2. The van der Waals surface area contributed by atoms with Crippen molar-refractivity contribution in [2.75, 3.05) is 13.7 Å². The summed E-state index contributed by atoms with van der Waals surface area (Å²) in [5.74, 6) is -0.445. The van der Waals surface area contributed by atoms with Crippen LogP contribution in [-0.2, 0) is 18.7 Å². The molecular weight excluding hydrogens is 384 g/mol. The first kappa shape index (κ1) is 21.7. The van der Waals surface area contributed by atoms with Crippen LogP contribution in [0.3, 0.4) is 0 Å². The van der Waals surface area contributed by atoms with Gasteiger partial charge >= 0.3 is 5.97 Å². The minimum absolute atomic E-state index is 0.0725. The zero-order chi connectivity index (χ0) is 21.1. The lowest BCUT2D eigenvalue weighted by Gasteiger charge is -2.43. The average molecular weight is 415 g/mol. The molecule has 5 nitrogen and oxygen atoms in total. The van der Waals surface area contributed by atoms with E-state index in [0.717, 1.165) is 0 Å². The number of benzene rings is 2. The van der Waals surface area contributed by atoms with Crippen LogP contribution >= 0.6 is 0 Å². The molecule has 0 saturated carbocycles. The van der Waals surface area contributed by atoms with Crippen molar-refractivity contribution in [2.24, 2.45) is 0 Å². The monoisotopic (exact) mass is 414 g/mol. The third kappa shape index (κ3) is 4.61. The molecule has 1 fully saturated rings. The maximum atomic E-state index is 11.4. The number of hydrogen-bond acceptors (Lipinski definition) is 5. The molecule has 3 rings (SSSR count). The van der Waals surface area contributed by atoms with E-state index in [9.17, 15) is 9.90 Å². The highest BCUT2D eigenvalue weighted by atomic mass is 28.4. The standard InChI is InChI=1S/C23H30O5Si/c1-23(2,3)29(17-11-7-5-8-12-17,18-13-9-6-10-14-18)27-16-20-22(28-20)19(24)15-21(25)26-4/h5-14,19-20,22,24H,15-16H2,1-4H3/t19-,20+,22-/m0/s1. The normalized spacial score (nSPS) is 20.2. The van der Waals surface area contributed by atoms with Gasteiger partial charge in [0.25, 0.3) is 8.32 Å². The Morgan fingerprint density at radius 1 is 1.07 bits per heavy atom. The van der Waals surface area contributed by atoms with Gasteiger partial charge in [0.15, 0.2) is 0 Å². The summed E-state index contributed by atoms with van der Waals surface area (Å²) in [6.07, 6.45) is -1.57. The van der Waals surface area contributed by atoms with Crippen LogP contribution in [0.2, 0.25) is 5.04 Å². The molecule has 1 N–H and O–H groups in total. The fourth-order valence-electron chi connectivity index (χ4n) is 3.97. The van der Waals surface area contributed by atoms with Gasteiger partial charge in [-0.1, -0.05) is 81.4 Å². The van der Waals surface area contributed by atoms with Crippen LogP contribution in [-0.4, -0.2) is 51.4 Å². The molecule has 0 aromatic heterocycles. The predicted molar refractivity (Wildman–Crippen MR) is 115 cm³/mol. The molecule has 2 aromatic rings. The molecule has 6 heteroatoms. The van der Waals surface area contributed by atoms with E-state index in [1.165, 1.54) is 17.5 Å². The second-order valence-corrected chi connectivity index (χ2v) is 12.8. The minimum atomic E-state index is -2.63. The predicted octanol–water partition coefficient (Wildman–Crippen LogP) is 2.25. The highest BCUT2D eigenvalue weighted by molar-refractivity contribution is 6.99. The molecule has 3 atom stereocenters. The number of aliphatic hydroxyl groups is 1. The third-order valence-corrected chi connectivity index (χ3v) is 10.5. The number of methoxy groups -OCH3 is 1. The topological polar surface area (TPSA) is 68.3 Å². The Bertz CT molecular complexity index is 764. The van der Waals surface area contributed by atoms with Crippen LogP contribution in [0.4, 0.5) is 0 Å². The van der Waals surface area contributed by atoms with E-state index in [1.807, 2.05) is 36.4 Å². The summed E-state index contributed by atoms with van der Waals surface area (Å²) in [7, 11) is -1.32. The van der Waals surface area contributed by atoms with Crippen molar-refractivity contribution in [1.29, 1.82) is 0 Å². The van der Waals surface area contributed by atoms with E-state index in [1.54, 1.807) is 0 Å². The van der Waals surface area contributed by atoms with Crippen LogP contribution in [0.1, 0.15) is 27.2 Å². The SMILES string of the molecule is COC(=O)C[C@H](O)[C@@H]1O[C@@H]1CO[Si](c1ccccc1)(c1ccccc1)C(C)(C)C. The first-order valence-corrected chi connectivity index (χ1v) is 11.9. The van der Waals surface area contributed by atoms with Crippen molar-refractivity contribution in [2.45, 2.75) is 50.5 Å². The molecule has 0 amide bonds. The Morgan fingerprint density at radius 3 is 2.03 bits per heavy atom. The zero-order valence-electron chi connectivity index (χ0n) is 17.5. The second-order valence-electron chi connectivity index (χ2n) is 8.46. The van der Waals surface area contributed by atoms with Crippen molar-refractivity contribution in [3.05, 3.63) is 60.7 Å². The van der Waals surface area contributed by atoms with E-state index >= 15 is 0 Å². The van der Waals surface area contributed by atoms with Gasteiger partial charge in [0.05, 0.1) is 26.2 Å². The number of aliphatic hydroxyl groups excluding tert-OH is 1. The van der Waals surface area contributed by atoms with Gasteiger partial charge in [-0.2, -0.15) is 0 Å². The molecule has 1 aliphatic rings. The lowest BCUT2D eigenvalue weighted by atomic mass is 10.1. The number of carbonyl (C=O) groups is 1. The van der Waals surface area contributed by atoms with Gasteiger partial charge in [-0.15, -0.1) is 0 Å².